The number of imide groups is 2. The molecule has 0 aromatic rings. The highest BCUT2D eigenvalue weighted by Gasteiger charge is 2.47. The molecule has 4 amide bonds. The van der Waals surface area contributed by atoms with Crippen LogP contribution in [0.1, 0.15) is 44.9 Å². The molecule has 21 heavy (non-hydrogen) atoms. The van der Waals surface area contributed by atoms with Gasteiger partial charge in [0, 0.05) is 12.6 Å². The van der Waals surface area contributed by atoms with Gasteiger partial charge in [0.05, 0.1) is 13.2 Å². The molecule has 1 saturated heterocycles. The standard InChI is InChI=1S/C15H22N2O4/c18-13-14(19)17(12-4-2-1-3-5-12)15(20)16(13)8-9-21-10-11-6-7-11/h11-12H,1-10H2. The van der Waals surface area contributed by atoms with Crippen molar-refractivity contribution in [3.8, 4) is 0 Å². The summed E-state index contributed by atoms with van der Waals surface area (Å²) in [5, 5.41) is 0. The third-order valence-corrected chi connectivity index (χ3v) is 4.53. The molecule has 0 unspecified atom stereocenters. The monoisotopic (exact) mass is 294 g/mol. The Bertz CT molecular complexity index is 441. The van der Waals surface area contributed by atoms with Crippen molar-refractivity contribution in [3.63, 3.8) is 0 Å². The molecule has 2 aliphatic carbocycles. The zero-order valence-corrected chi connectivity index (χ0v) is 12.3. The summed E-state index contributed by atoms with van der Waals surface area (Å²) in [5.41, 5.74) is 0. The third-order valence-electron chi connectivity index (χ3n) is 4.53. The van der Waals surface area contributed by atoms with Crippen molar-refractivity contribution in [2.24, 2.45) is 5.92 Å². The van der Waals surface area contributed by atoms with Gasteiger partial charge in [-0.15, -0.1) is 0 Å². The molecule has 0 aromatic heterocycles. The maximum absolute atomic E-state index is 12.3. The Balaban J connectivity index is 1.55. The van der Waals surface area contributed by atoms with Crippen LogP contribution in [0.5, 0.6) is 0 Å². The van der Waals surface area contributed by atoms with Crippen molar-refractivity contribution in [1.29, 1.82) is 0 Å². The number of amides is 4. The van der Waals surface area contributed by atoms with Crippen molar-refractivity contribution in [2.75, 3.05) is 19.8 Å². The molecule has 0 atom stereocenters. The molecule has 0 aromatic carbocycles. The molecule has 6 nitrogen and oxygen atoms in total. The van der Waals surface area contributed by atoms with Crippen molar-refractivity contribution in [2.45, 2.75) is 51.0 Å². The number of carbonyl (C=O) groups excluding carboxylic acids is 3. The number of carbonyl (C=O) groups is 3. The van der Waals surface area contributed by atoms with Gasteiger partial charge in [0.1, 0.15) is 0 Å². The second kappa shape index (κ2) is 6.13. The lowest BCUT2D eigenvalue weighted by Crippen LogP contribution is -2.42. The zero-order valence-electron chi connectivity index (χ0n) is 12.3. The summed E-state index contributed by atoms with van der Waals surface area (Å²) in [7, 11) is 0. The first-order valence-corrected chi connectivity index (χ1v) is 7.95. The van der Waals surface area contributed by atoms with Crippen molar-refractivity contribution >= 4 is 17.8 Å². The van der Waals surface area contributed by atoms with E-state index in [1.54, 1.807) is 0 Å². The normalized spacial score (nSPS) is 24.3. The van der Waals surface area contributed by atoms with Crippen molar-refractivity contribution in [1.82, 2.24) is 9.80 Å². The van der Waals surface area contributed by atoms with Gasteiger partial charge >= 0.3 is 17.8 Å². The van der Waals surface area contributed by atoms with E-state index in [4.69, 9.17) is 4.74 Å². The predicted molar refractivity (Wildman–Crippen MR) is 74.4 cm³/mol. The molecule has 116 valence electrons. The maximum atomic E-state index is 12.3. The summed E-state index contributed by atoms with van der Waals surface area (Å²) in [5.74, 6) is -0.704. The van der Waals surface area contributed by atoms with Crippen LogP contribution in [0.25, 0.3) is 0 Å². The number of ether oxygens (including phenoxy) is 1. The van der Waals surface area contributed by atoms with Crippen LogP contribution in [0.4, 0.5) is 4.79 Å². The lowest BCUT2D eigenvalue weighted by Gasteiger charge is -2.28. The summed E-state index contributed by atoms with van der Waals surface area (Å²) in [6.07, 6.45) is 7.21. The van der Waals surface area contributed by atoms with Gasteiger partial charge in [-0.3, -0.25) is 19.4 Å². The first kappa shape index (κ1) is 14.5. The van der Waals surface area contributed by atoms with Gasteiger partial charge in [-0.1, -0.05) is 19.3 Å². The fourth-order valence-electron chi connectivity index (χ4n) is 3.07. The van der Waals surface area contributed by atoms with E-state index in [-0.39, 0.29) is 12.6 Å². The molecular formula is C15H22N2O4. The van der Waals surface area contributed by atoms with E-state index in [1.807, 2.05) is 0 Å². The van der Waals surface area contributed by atoms with Crippen molar-refractivity contribution < 1.29 is 19.1 Å². The van der Waals surface area contributed by atoms with E-state index in [0.29, 0.717) is 19.1 Å². The summed E-state index contributed by atoms with van der Waals surface area (Å²) in [6, 6.07) is -0.549. The smallest absolute Gasteiger partial charge is 0.334 e. The minimum atomic E-state index is -0.694. The van der Waals surface area contributed by atoms with Gasteiger partial charge < -0.3 is 4.74 Å². The SMILES string of the molecule is O=C1C(=O)N(C2CCCCC2)C(=O)N1CCOCC1CC1. The van der Waals surface area contributed by atoms with Crippen LogP contribution in [0.2, 0.25) is 0 Å². The molecule has 3 rings (SSSR count). The largest absolute Gasteiger partial charge is 0.379 e. The van der Waals surface area contributed by atoms with E-state index in [1.165, 1.54) is 17.7 Å². The highest BCUT2D eigenvalue weighted by Crippen LogP contribution is 2.29. The molecule has 3 fully saturated rings. The van der Waals surface area contributed by atoms with Crippen LogP contribution in [0.3, 0.4) is 0 Å². The Morgan fingerprint density at radius 2 is 1.67 bits per heavy atom. The molecule has 2 saturated carbocycles. The van der Waals surface area contributed by atoms with Crippen LogP contribution in [-0.4, -0.2) is 53.4 Å². The maximum Gasteiger partial charge on any atom is 0.334 e. The topological polar surface area (TPSA) is 66.9 Å². The fraction of sp³-hybridized carbons (Fsp3) is 0.800. The van der Waals surface area contributed by atoms with Crippen molar-refractivity contribution in [3.05, 3.63) is 0 Å². The zero-order chi connectivity index (χ0) is 14.8. The number of hydrogen-bond acceptors (Lipinski definition) is 4. The lowest BCUT2D eigenvalue weighted by atomic mass is 9.94. The van der Waals surface area contributed by atoms with Crippen LogP contribution in [-0.2, 0) is 14.3 Å². The van der Waals surface area contributed by atoms with E-state index in [0.717, 1.165) is 37.0 Å². The second-order valence-electron chi connectivity index (χ2n) is 6.22. The van der Waals surface area contributed by atoms with Crippen LogP contribution >= 0.6 is 0 Å². The quantitative estimate of drug-likeness (QED) is 0.423. The molecule has 3 aliphatic rings. The number of urea groups is 1. The van der Waals surface area contributed by atoms with Gasteiger partial charge in [-0.05, 0) is 31.6 Å². The van der Waals surface area contributed by atoms with Gasteiger partial charge in [-0.25, -0.2) is 4.79 Å². The molecule has 1 heterocycles. The van der Waals surface area contributed by atoms with Gasteiger partial charge in [0.2, 0.25) is 0 Å². The van der Waals surface area contributed by atoms with Gasteiger partial charge in [0.15, 0.2) is 0 Å². The number of rotatable bonds is 6. The molecule has 0 spiro atoms. The molecule has 0 bridgehead atoms. The Labute approximate surface area is 124 Å². The summed E-state index contributed by atoms with van der Waals surface area (Å²) >= 11 is 0. The van der Waals surface area contributed by atoms with E-state index in [2.05, 4.69) is 0 Å². The second-order valence-corrected chi connectivity index (χ2v) is 6.22. The molecule has 1 aliphatic heterocycles. The minimum absolute atomic E-state index is 0.0971. The first-order valence-electron chi connectivity index (χ1n) is 7.95. The summed E-state index contributed by atoms with van der Waals surface area (Å²) in [4.78, 5) is 38.6. The average molecular weight is 294 g/mol. The summed E-state index contributed by atoms with van der Waals surface area (Å²) in [6.45, 7) is 1.19. The third kappa shape index (κ3) is 3.10. The summed E-state index contributed by atoms with van der Waals surface area (Å²) < 4.78 is 5.46. The van der Waals surface area contributed by atoms with Gasteiger partial charge in [0.25, 0.3) is 0 Å². The number of nitrogens with zero attached hydrogens (tertiary/aromatic N) is 2. The molecule has 0 radical (unpaired) electrons. The Morgan fingerprint density at radius 1 is 0.952 bits per heavy atom. The highest BCUT2D eigenvalue weighted by atomic mass is 16.5. The van der Waals surface area contributed by atoms with E-state index < -0.39 is 17.8 Å². The predicted octanol–water partition coefficient (Wildman–Crippen LogP) is 1.54. The first-order chi connectivity index (χ1) is 10.2. The fourth-order valence-corrected chi connectivity index (χ4v) is 3.07. The Kier molecular flexibility index (Phi) is 4.24. The van der Waals surface area contributed by atoms with Crippen LogP contribution in [0.15, 0.2) is 0 Å². The van der Waals surface area contributed by atoms with Crippen LogP contribution in [0, 0.1) is 5.92 Å². The Morgan fingerprint density at radius 3 is 2.33 bits per heavy atom. The van der Waals surface area contributed by atoms with Crippen LogP contribution < -0.4 is 0 Å². The highest BCUT2D eigenvalue weighted by molar-refractivity contribution is 6.44. The molecular weight excluding hydrogens is 272 g/mol. The Hall–Kier alpha value is -1.43. The lowest BCUT2D eigenvalue weighted by molar-refractivity contribution is -0.144. The van der Waals surface area contributed by atoms with E-state index >= 15 is 0 Å². The molecule has 0 N–H and O–H groups in total. The number of hydrogen-bond donors (Lipinski definition) is 0. The van der Waals surface area contributed by atoms with Gasteiger partial charge in [-0.2, -0.15) is 0 Å². The minimum Gasteiger partial charge on any atom is -0.379 e. The van der Waals surface area contributed by atoms with E-state index in [9.17, 15) is 14.4 Å². The average Bonchev–Trinajstić information content (AvgIpc) is 3.28. The molecule has 6 heteroatoms.